The number of carbonyl (C=O) groups is 2. The fraction of sp³-hybridized carbons (Fsp3) is 0.500. The Balaban J connectivity index is 2.36. The highest BCUT2D eigenvalue weighted by Gasteiger charge is 2.30. The van der Waals surface area contributed by atoms with Crippen LogP contribution in [-0.2, 0) is 9.53 Å². The number of nitrogens with zero attached hydrogens (tertiary/aromatic N) is 1. The average Bonchev–Trinajstić information content (AvgIpc) is 2.45. The van der Waals surface area contributed by atoms with Crippen molar-refractivity contribution in [1.29, 1.82) is 0 Å². The largest absolute Gasteiger partial charge is 0.490 e. The van der Waals surface area contributed by atoms with Gasteiger partial charge in [0, 0.05) is 0 Å². The van der Waals surface area contributed by atoms with Gasteiger partial charge in [-0.15, -0.1) is 0 Å². The summed E-state index contributed by atoms with van der Waals surface area (Å²) in [6, 6.07) is 4.73. The predicted molar refractivity (Wildman–Crippen MR) is 83.0 cm³/mol. The number of fused-ring (bicyclic) bond motifs is 1. The summed E-state index contributed by atoms with van der Waals surface area (Å²) in [5.74, 6) is -1.70. The Morgan fingerprint density at radius 2 is 2.09 bits per heavy atom. The number of rotatable bonds is 3. The molecule has 0 fully saturated rings. The summed E-state index contributed by atoms with van der Waals surface area (Å²) in [7, 11) is 0. The van der Waals surface area contributed by atoms with Crippen molar-refractivity contribution >= 4 is 17.7 Å². The minimum atomic E-state index is -1.13. The molecular formula is C16H21NO6. The highest BCUT2D eigenvalue weighted by atomic mass is 16.6. The molecule has 1 unspecified atom stereocenters. The molecule has 0 bridgehead atoms. The van der Waals surface area contributed by atoms with Crippen LogP contribution < -0.4 is 9.64 Å². The molecule has 2 rings (SSSR count). The third-order valence-corrected chi connectivity index (χ3v) is 3.34. The van der Waals surface area contributed by atoms with Crippen LogP contribution >= 0.6 is 0 Å². The lowest BCUT2D eigenvalue weighted by Gasteiger charge is -2.32. The van der Waals surface area contributed by atoms with Crippen molar-refractivity contribution in [3.63, 3.8) is 0 Å². The molecule has 1 aromatic carbocycles. The second-order valence-electron chi connectivity index (χ2n) is 6.28. The van der Waals surface area contributed by atoms with Crippen molar-refractivity contribution in [3.05, 3.63) is 23.8 Å². The molecule has 0 aliphatic carbocycles. The van der Waals surface area contributed by atoms with Crippen LogP contribution in [0.5, 0.6) is 5.75 Å². The molecule has 0 saturated carbocycles. The van der Waals surface area contributed by atoms with Crippen molar-refractivity contribution in [2.45, 2.75) is 32.3 Å². The lowest BCUT2D eigenvalue weighted by molar-refractivity contribution is -0.139. The van der Waals surface area contributed by atoms with Gasteiger partial charge in [-0.25, -0.2) is 4.79 Å². The number of amides is 1. The van der Waals surface area contributed by atoms with Crippen LogP contribution in [0.3, 0.4) is 0 Å². The van der Waals surface area contributed by atoms with E-state index in [4.69, 9.17) is 14.6 Å². The third-order valence-electron chi connectivity index (χ3n) is 3.34. The number of aliphatic carboxylic acids is 1. The zero-order valence-corrected chi connectivity index (χ0v) is 13.4. The molecular weight excluding hydrogens is 302 g/mol. The number of carboxylic acid groups (broad SMARTS) is 1. The first-order chi connectivity index (χ1) is 10.7. The highest BCUT2D eigenvalue weighted by Crippen LogP contribution is 2.35. The summed E-state index contributed by atoms with van der Waals surface area (Å²) >= 11 is 0. The second-order valence-corrected chi connectivity index (χ2v) is 6.28. The molecule has 1 aliphatic rings. The number of hydrogen-bond acceptors (Lipinski definition) is 5. The standard InChI is InChI=1S/C16H21NO6/c1-16(2,3)23-15(21)17-6-7-22-13-5-4-10(8-12(13)17)11(9-18)14(19)20/h4-5,8,11,18H,6-7,9H2,1-3H3,(H,19,20). The first kappa shape index (κ1) is 17.1. The van der Waals surface area contributed by atoms with Gasteiger partial charge < -0.3 is 19.7 Å². The molecule has 1 amide bonds. The Labute approximate surface area is 134 Å². The van der Waals surface area contributed by atoms with E-state index in [0.29, 0.717) is 30.2 Å². The van der Waals surface area contributed by atoms with Gasteiger partial charge in [0.15, 0.2) is 0 Å². The van der Waals surface area contributed by atoms with Crippen molar-refractivity contribution in [2.75, 3.05) is 24.7 Å². The Hall–Kier alpha value is -2.28. The number of carboxylic acids is 1. The maximum Gasteiger partial charge on any atom is 0.415 e. The number of hydrogen-bond donors (Lipinski definition) is 2. The highest BCUT2D eigenvalue weighted by molar-refractivity contribution is 5.91. The summed E-state index contributed by atoms with van der Waals surface area (Å²) in [6.45, 7) is 5.43. The molecule has 0 radical (unpaired) electrons. The number of ether oxygens (including phenoxy) is 2. The van der Waals surface area contributed by atoms with E-state index in [9.17, 15) is 14.7 Å². The lowest BCUT2D eigenvalue weighted by atomic mass is 9.99. The summed E-state index contributed by atoms with van der Waals surface area (Å²) in [4.78, 5) is 25.0. The Morgan fingerprint density at radius 3 is 2.65 bits per heavy atom. The quantitative estimate of drug-likeness (QED) is 0.883. The van der Waals surface area contributed by atoms with E-state index in [1.54, 1.807) is 39.0 Å². The van der Waals surface area contributed by atoms with Gasteiger partial charge in [-0.2, -0.15) is 0 Å². The molecule has 1 atom stereocenters. The van der Waals surface area contributed by atoms with E-state index in [-0.39, 0.29) is 0 Å². The van der Waals surface area contributed by atoms with Crippen molar-refractivity contribution in [2.24, 2.45) is 0 Å². The van der Waals surface area contributed by atoms with Gasteiger partial charge in [-0.1, -0.05) is 6.07 Å². The van der Waals surface area contributed by atoms with Gasteiger partial charge in [0.1, 0.15) is 23.9 Å². The summed E-state index contributed by atoms with van der Waals surface area (Å²) in [6.07, 6.45) is -0.518. The molecule has 23 heavy (non-hydrogen) atoms. The maximum absolute atomic E-state index is 12.3. The van der Waals surface area contributed by atoms with Gasteiger partial charge in [-0.3, -0.25) is 9.69 Å². The van der Waals surface area contributed by atoms with Crippen LogP contribution in [0.15, 0.2) is 18.2 Å². The minimum Gasteiger partial charge on any atom is -0.490 e. The minimum absolute atomic E-state index is 0.308. The number of anilines is 1. The van der Waals surface area contributed by atoms with E-state index in [0.717, 1.165) is 0 Å². The van der Waals surface area contributed by atoms with Gasteiger partial charge in [0.2, 0.25) is 0 Å². The Kier molecular flexibility index (Phi) is 4.79. The summed E-state index contributed by atoms with van der Waals surface area (Å²) in [5, 5.41) is 18.4. The molecule has 1 aromatic rings. The predicted octanol–water partition coefficient (Wildman–Crippen LogP) is 1.98. The molecule has 2 N–H and O–H groups in total. The van der Waals surface area contributed by atoms with E-state index in [1.165, 1.54) is 4.90 Å². The van der Waals surface area contributed by atoms with Gasteiger partial charge in [-0.05, 0) is 38.5 Å². The zero-order valence-electron chi connectivity index (χ0n) is 13.4. The SMILES string of the molecule is CC(C)(C)OC(=O)N1CCOc2ccc(C(CO)C(=O)O)cc21. The molecule has 0 saturated heterocycles. The van der Waals surface area contributed by atoms with Crippen LogP contribution in [0.4, 0.5) is 10.5 Å². The molecule has 0 spiro atoms. The van der Waals surface area contributed by atoms with Gasteiger partial charge in [0.05, 0.1) is 18.8 Å². The molecule has 1 heterocycles. The average molecular weight is 323 g/mol. The Bertz CT molecular complexity index is 607. The lowest BCUT2D eigenvalue weighted by Crippen LogP contribution is -2.41. The molecule has 0 aromatic heterocycles. The number of benzene rings is 1. The zero-order chi connectivity index (χ0) is 17.2. The van der Waals surface area contributed by atoms with Crippen LogP contribution in [0, 0.1) is 0 Å². The summed E-state index contributed by atoms with van der Waals surface area (Å²) in [5.41, 5.74) is 0.211. The molecule has 7 nitrogen and oxygen atoms in total. The molecule has 7 heteroatoms. The first-order valence-electron chi connectivity index (χ1n) is 7.34. The van der Waals surface area contributed by atoms with Crippen LogP contribution in [0.2, 0.25) is 0 Å². The van der Waals surface area contributed by atoms with Gasteiger partial charge >= 0.3 is 12.1 Å². The smallest absolute Gasteiger partial charge is 0.415 e. The third kappa shape index (κ3) is 3.92. The van der Waals surface area contributed by atoms with Gasteiger partial charge in [0.25, 0.3) is 0 Å². The van der Waals surface area contributed by atoms with Crippen molar-refractivity contribution in [3.8, 4) is 5.75 Å². The molecule has 126 valence electrons. The Morgan fingerprint density at radius 1 is 1.39 bits per heavy atom. The summed E-state index contributed by atoms with van der Waals surface area (Å²) < 4.78 is 10.9. The fourth-order valence-electron chi connectivity index (χ4n) is 2.28. The van der Waals surface area contributed by atoms with E-state index in [1.807, 2.05) is 0 Å². The van der Waals surface area contributed by atoms with E-state index < -0.39 is 30.2 Å². The fourth-order valence-corrected chi connectivity index (χ4v) is 2.28. The first-order valence-corrected chi connectivity index (χ1v) is 7.34. The topological polar surface area (TPSA) is 96.3 Å². The second kappa shape index (κ2) is 6.45. The molecule has 1 aliphatic heterocycles. The van der Waals surface area contributed by atoms with E-state index in [2.05, 4.69) is 0 Å². The van der Waals surface area contributed by atoms with E-state index >= 15 is 0 Å². The van der Waals surface area contributed by atoms with Crippen molar-refractivity contribution < 1.29 is 29.3 Å². The van der Waals surface area contributed by atoms with Crippen LogP contribution in [-0.4, -0.2) is 47.6 Å². The number of aliphatic hydroxyl groups is 1. The van der Waals surface area contributed by atoms with Crippen molar-refractivity contribution in [1.82, 2.24) is 0 Å². The monoisotopic (exact) mass is 323 g/mol. The van der Waals surface area contributed by atoms with Crippen LogP contribution in [0.1, 0.15) is 32.3 Å². The van der Waals surface area contributed by atoms with Crippen LogP contribution in [0.25, 0.3) is 0 Å². The number of carbonyl (C=O) groups excluding carboxylic acids is 1. The maximum atomic E-state index is 12.3. The normalized spacial score (nSPS) is 15.4. The number of aliphatic hydroxyl groups excluding tert-OH is 1.